The van der Waals surface area contributed by atoms with Crippen LogP contribution in [0.2, 0.25) is 0 Å². The van der Waals surface area contributed by atoms with Crippen LogP contribution in [0.3, 0.4) is 0 Å². The molecule has 3 unspecified atom stereocenters. The van der Waals surface area contributed by atoms with Crippen LogP contribution in [0.25, 0.3) is 6.08 Å². The molecule has 0 spiro atoms. The van der Waals surface area contributed by atoms with Gasteiger partial charge in [-0.3, -0.25) is 14.2 Å². The Morgan fingerprint density at radius 3 is 2.87 bits per heavy atom. The Labute approximate surface area is 189 Å². The molecule has 3 heterocycles. The fraction of sp³-hybridized carbons (Fsp3) is 0.227. The first-order valence-corrected chi connectivity index (χ1v) is 11.2. The number of carbonyl (C=O) groups is 1. The van der Waals surface area contributed by atoms with E-state index in [1.54, 1.807) is 11.5 Å². The Morgan fingerprint density at radius 1 is 1.30 bits per heavy atom. The van der Waals surface area contributed by atoms with E-state index in [9.17, 15) is 9.59 Å². The van der Waals surface area contributed by atoms with Crippen LogP contribution in [0.1, 0.15) is 24.1 Å². The lowest BCUT2D eigenvalue weighted by Gasteiger charge is -2.44. The van der Waals surface area contributed by atoms with Gasteiger partial charge in [0.05, 0.1) is 17.7 Å². The second-order valence-corrected chi connectivity index (χ2v) is 9.63. The quantitative estimate of drug-likeness (QED) is 0.376. The first kappa shape index (κ1) is 19.5. The van der Waals surface area contributed by atoms with E-state index >= 15 is 0 Å². The summed E-state index contributed by atoms with van der Waals surface area (Å²) in [6.45, 7) is 1.77. The van der Waals surface area contributed by atoms with Crippen LogP contribution in [0.5, 0.6) is 5.75 Å². The van der Waals surface area contributed by atoms with Gasteiger partial charge in [0.15, 0.2) is 4.80 Å². The topological polar surface area (TPSA) is 69.9 Å². The van der Waals surface area contributed by atoms with Gasteiger partial charge in [-0.25, -0.2) is 4.99 Å². The third-order valence-corrected chi connectivity index (χ3v) is 7.14. The average Bonchev–Trinajstić information content (AvgIpc) is 3.00. The molecule has 0 saturated carbocycles. The van der Waals surface area contributed by atoms with Gasteiger partial charge in [0.2, 0.25) is 5.72 Å². The molecule has 1 aromatic heterocycles. The minimum atomic E-state index is -1.15. The Bertz CT molecular complexity index is 1360. The number of nitrogens with zero attached hydrogens (tertiary/aromatic N) is 2. The zero-order valence-electron chi connectivity index (χ0n) is 16.2. The number of halogens is 1. The van der Waals surface area contributed by atoms with Crippen molar-refractivity contribution >= 4 is 46.0 Å². The second-order valence-electron chi connectivity index (χ2n) is 7.38. The van der Waals surface area contributed by atoms with Gasteiger partial charge in [-0.05, 0) is 59.4 Å². The number of para-hydroxylation sites is 1. The number of hydrogen-bond donors (Lipinski definition) is 0. The van der Waals surface area contributed by atoms with Crippen molar-refractivity contribution in [2.45, 2.75) is 18.7 Å². The number of thiazole rings is 1. The summed E-state index contributed by atoms with van der Waals surface area (Å²) in [5, 5.41) is 0. The number of ether oxygens (including phenoxy) is 2. The minimum absolute atomic E-state index is 0.171. The van der Waals surface area contributed by atoms with Gasteiger partial charge in [-0.2, -0.15) is 0 Å². The number of methoxy groups -OCH3 is 1. The number of hydrogen-bond acceptors (Lipinski definition) is 6. The fourth-order valence-corrected chi connectivity index (χ4v) is 5.85. The maximum absolute atomic E-state index is 13.5. The molecule has 0 amide bonds. The van der Waals surface area contributed by atoms with Crippen LogP contribution >= 0.6 is 33.9 Å². The molecule has 8 heteroatoms. The normalized spacial score (nSPS) is 24.3. The van der Waals surface area contributed by atoms with Crippen molar-refractivity contribution in [1.29, 1.82) is 0 Å². The highest BCUT2D eigenvalue weighted by molar-refractivity contribution is 14.1. The molecule has 2 aliphatic heterocycles. The van der Waals surface area contributed by atoms with Crippen LogP contribution in [-0.4, -0.2) is 23.4 Å². The molecule has 3 atom stereocenters. The Hall–Kier alpha value is -2.46. The van der Waals surface area contributed by atoms with Gasteiger partial charge in [0.25, 0.3) is 5.56 Å². The molecular formula is C22H17IN2O4S. The summed E-state index contributed by atoms with van der Waals surface area (Å²) in [4.78, 5) is 31.5. The first-order valence-electron chi connectivity index (χ1n) is 9.35. The highest BCUT2D eigenvalue weighted by Gasteiger charge is 2.55. The van der Waals surface area contributed by atoms with Gasteiger partial charge in [0, 0.05) is 9.13 Å². The van der Waals surface area contributed by atoms with Crippen LogP contribution < -0.4 is 19.6 Å². The summed E-state index contributed by atoms with van der Waals surface area (Å²) in [5.74, 6) is -0.587. The zero-order valence-corrected chi connectivity index (χ0v) is 19.1. The molecule has 3 aromatic rings. The van der Waals surface area contributed by atoms with E-state index in [0.717, 1.165) is 14.7 Å². The van der Waals surface area contributed by atoms with E-state index in [-0.39, 0.29) is 5.56 Å². The smallest absolute Gasteiger partial charge is 0.317 e. The maximum atomic E-state index is 13.5. The lowest BCUT2D eigenvalue weighted by molar-refractivity contribution is -0.158. The molecule has 6 nitrogen and oxygen atoms in total. The summed E-state index contributed by atoms with van der Waals surface area (Å²) in [5.41, 5.74) is 0.397. The molecule has 5 rings (SSSR count). The second kappa shape index (κ2) is 7.05. The molecule has 2 aliphatic rings. The summed E-state index contributed by atoms with van der Waals surface area (Å²) in [7, 11) is 1.34. The Morgan fingerprint density at radius 2 is 2.10 bits per heavy atom. The Kier molecular flexibility index (Phi) is 4.59. The third kappa shape index (κ3) is 2.92. The van der Waals surface area contributed by atoms with Crippen LogP contribution in [-0.2, 0) is 9.53 Å². The van der Waals surface area contributed by atoms with Crippen LogP contribution in [0.4, 0.5) is 0 Å². The van der Waals surface area contributed by atoms with Crippen molar-refractivity contribution in [3.05, 3.63) is 82.9 Å². The van der Waals surface area contributed by atoms with Crippen molar-refractivity contribution in [1.82, 2.24) is 4.57 Å². The van der Waals surface area contributed by atoms with E-state index < -0.39 is 23.7 Å². The van der Waals surface area contributed by atoms with E-state index in [4.69, 9.17) is 14.5 Å². The number of benzene rings is 2. The van der Waals surface area contributed by atoms with Gasteiger partial charge in [0.1, 0.15) is 11.7 Å². The molecule has 2 aromatic carbocycles. The van der Waals surface area contributed by atoms with E-state index in [1.165, 1.54) is 18.4 Å². The largest absolute Gasteiger partial charge is 0.469 e. The zero-order chi connectivity index (χ0) is 21.0. The third-order valence-electron chi connectivity index (χ3n) is 5.48. The number of aromatic nitrogens is 1. The summed E-state index contributed by atoms with van der Waals surface area (Å²) < 4.78 is 14.5. The molecule has 30 heavy (non-hydrogen) atoms. The predicted molar refractivity (Wildman–Crippen MR) is 121 cm³/mol. The summed E-state index contributed by atoms with van der Waals surface area (Å²) >= 11 is 3.55. The highest BCUT2D eigenvalue weighted by atomic mass is 127. The van der Waals surface area contributed by atoms with Crippen molar-refractivity contribution in [2.75, 3.05) is 7.11 Å². The summed E-state index contributed by atoms with van der Waals surface area (Å²) in [6, 6.07) is 14.8. The van der Waals surface area contributed by atoms with Gasteiger partial charge in [-0.15, -0.1) is 0 Å². The Balaban J connectivity index is 1.80. The lowest BCUT2D eigenvalue weighted by Crippen LogP contribution is -2.58. The van der Waals surface area contributed by atoms with Gasteiger partial charge < -0.3 is 9.47 Å². The standard InChI is InChI=1S/C22H17IN2O4S/c1-22-17(20(27)28-2)18(14-8-3-4-9-15(14)29-22)25-19(26)16(30-21(25)24-22)11-12-6-5-7-13(23)10-12/h3-11,17-18H,1-2H3/b16-11+. The maximum Gasteiger partial charge on any atom is 0.317 e. The molecule has 0 fully saturated rings. The average molecular weight is 532 g/mol. The first-order chi connectivity index (χ1) is 14.4. The predicted octanol–water partition coefficient (Wildman–Crippen LogP) is 2.46. The minimum Gasteiger partial charge on any atom is -0.469 e. The number of carbonyl (C=O) groups excluding carboxylic acids is 1. The SMILES string of the molecule is COC(=O)C1C2c3ccccc3OC1(C)N=c1s/c(=C/c3cccc(I)c3)c(=O)n12. The van der Waals surface area contributed by atoms with Crippen molar-refractivity contribution in [3.8, 4) is 5.75 Å². The lowest BCUT2D eigenvalue weighted by atomic mass is 9.81. The molecule has 0 aliphatic carbocycles. The van der Waals surface area contributed by atoms with Crippen molar-refractivity contribution in [2.24, 2.45) is 10.9 Å². The molecule has 0 N–H and O–H groups in total. The fourth-order valence-electron chi connectivity index (χ4n) is 4.18. The molecule has 0 saturated heterocycles. The van der Waals surface area contributed by atoms with Crippen LogP contribution in [0, 0.1) is 9.49 Å². The van der Waals surface area contributed by atoms with E-state index in [2.05, 4.69) is 22.6 Å². The van der Waals surface area contributed by atoms with Gasteiger partial charge in [-0.1, -0.05) is 41.7 Å². The summed E-state index contributed by atoms with van der Waals surface area (Å²) in [6.07, 6.45) is 1.86. The van der Waals surface area contributed by atoms with Crippen molar-refractivity contribution in [3.63, 3.8) is 0 Å². The number of fused-ring (bicyclic) bond motifs is 6. The van der Waals surface area contributed by atoms with Crippen LogP contribution in [0.15, 0.2) is 58.3 Å². The van der Waals surface area contributed by atoms with E-state index in [0.29, 0.717) is 15.1 Å². The monoisotopic (exact) mass is 532 g/mol. The molecule has 0 radical (unpaired) electrons. The van der Waals surface area contributed by atoms with E-state index in [1.807, 2.05) is 54.6 Å². The number of rotatable bonds is 2. The molecule has 152 valence electrons. The molecular weight excluding hydrogens is 515 g/mol. The molecule has 2 bridgehead atoms. The van der Waals surface area contributed by atoms with Gasteiger partial charge >= 0.3 is 5.97 Å². The van der Waals surface area contributed by atoms with Crippen molar-refractivity contribution < 1.29 is 14.3 Å². The highest BCUT2D eigenvalue weighted by Crippen LogP contribution is 2.47. The number of esters is 1.